The molecule has 7 nitrogen and oxygen atoms in total. The Labute approximate surface area is 143 Å². The molecule has 2 heterocycles. The summed E-state index contributed by atoms with van der Waals surface area (Å²) in [5.74, 6) is 0.150. The Hall–Kier alpha value is -3.29. The number of amides is 1. The van der Waals surface area contributed by atoms with E-state index >= 15 is 0 Å². The first-order chi connectivity index (χ1) is 12.2. The molecule has 0 radical (unpaired) electrons. The molecule has 3 aromatic rings. The molecule has 1 amide bonds. The summed E-state index contributed by atoms with van der Waals surface area (Å²) in [6, 6.07) is 7.86. The monoisotopic (exact) mass is 341 g/mol. The van der Waals surface area contributed by atoms with Crippen LogP contribution in [-0.4, -0.2) is 27.6 Å². The third-order valence-corrected chi connectivity index (χ3v) is 3.38. The molecule has 0 unspecified atom stereocenters. The van der Waals surface area contributed by atoms with Crippen molar-refractivity contribution >= 4 is 11.9 Å². The van der Waals surface area contributed by atoms with Gasteiger partial charge in [-0.15, -0.1) is 0 Å². The lowest BCUT2D eigenvalue weighted by Gasteiger charge is -2.04. The van der Waals surface area contributed by atoms with Crippen LogP contribution in [0.25, 0.3) is 11.3 Å². The average Bonchev–Trinajstić information content (AvgIpc) is 3.10. The largest absolute Gasteiger partial charge is 0.359 e. The maximum Gasteiger partial charge on any atom is 0.254 e. The first-order valence-corrected chi connectivity index (χ1v) is 7.72. The molecule has 0 aliphatic carbocycles. The summed E-state index contributed by atoms with van der Waals surface area (Å²) in [6.45, 7) is 2.74. The van der Waals surface area contributed by atoms with E-state index in [-0.39, 0.29) is 18.3 Å². The normalized spacial score (nSPS) is 10.5. The highest BCUT2D eigenvalue weighted by atomic mass is 19.1. The molecule has 128 valence electrons. The number of halogens is 1. The van der Waals surface area contributed by atoms with Gasteiger partial charge < -0.3 is 15.2 Å². The number of nitrogens with one attached hydrogen (secondary N) is 2. The summed E-state index contributed by atoms with van der Waals surface area (Å²) in [6.07, 6.45) is 2.87. The number of anilines is 1. The second kappa shape index (κ2) is 7.52. The van der Waals surface area contributed by atoms with Crippen molar-refractivity contribution in [1.82, 2.24) is 20.4 Å². The Bertz CT molecular complexity index is 863. The number of benzene rings is 1. The number of aromatic nitrogens is 3. The van der Waals surface area contributed by atoms with Crippen molar-refractivity contribution in [2.24, 2.45) is 0 Å². The van der Waals surface area contributed by atoms with Crippen LogP contribution >= 0.6 is 0 Å². The smallest absolute Gasteiger partial charge is 0.254 e. The van der Waals surface area contributed by atoms with Gasteiger partial charge in [-0.1, -0.05) is 17.3 Å². The standard InChI is InChI=1S/C17H16FN5O2/c1-2-19-17-21-8-11(9-22-17)16(24)20-10-12-7-15(23-25-12)13-5-3-4-6-14(13)18/h3-9H,2,10H2,1H3,(H,20,24)(H,19,21,22). The number of hydrogen-bond acceptors (Lipinski definition) is 6. The van der Waals surface area contributed by atoms with E-state index in [2.05, 4.69) is 25.8 Å². The molecule has 0 atom stereocenters. The molecule has 1 aromatic carbocycles. The number of carbonyl (C=O) groups excluding carboxylic acids is 1. The Kier molecular flexibility index (Phi) is 4.98. The summed E-state index contributed by atoms with van der Waals surface area (Å²) in [5.41, 5.74) is 1.05. The zero-order chi connectivity index (χ0) is 17.6. The molecular formula is C17H16FN5O2. The van der Waals surface area contributed by atoms with Gasteiger partial charge in [0.05, 0.1) is 12.1 Å². The average molecular weight is 341 g/mol. The SMILES string of the molecule is CCNc1ncc(C(=O)NCc2cc(-c3ccccc3F)no2)cn1. The number of nitrogens with zero attached hydrogens (tertiary/aromatic N) is 3. The van der Waals surface area contributed by atoms with E-state index in [1.165, 1.54) is 18.5 Å². The Morgan fingerprint density at radius 3 is 2.72 bits per heavy atom. The highest BCUT2D eigenvalue weighted by Crippen LogP contribution is 2.22. The van der Waals surface area contributed by atoms with Gasteiger partial charge in [0.15, 0.2) is 5.76 Å². The van der Waals surface area contributed by atoms with Crippen molar-refractivity contribution in [2.75, 3.05) is 11.9 Å². The van der Waals surface area contributed by atoms with Crippen molar-refractivity contribution < 1.29 is 13.7 Å². The van der Waals surface area contributed by atoms with Crippen LogP contribution in [0.15, 0.2) is 47.2 Å². The van der Waals surface area contributed by atoms with Crippen molar-refractivity contribution in [2.45, 2.75) is 13.5 Å². The number of carbonyl (C=O) groups is 1. The summed E-state index contributed by atoms with van der Waals surface area (Å²) in [7, 11) is 0. The molecule has 0 aliphatic heterocycles. The fourth-order valence-electron chi connectivity index (χ4n) is 2.16. The van der Waals surface area contributed by atoms with E-state index in [0.29, 0.717) is 35.1 Å². The molecule has 0 fully saturated rings. The van der Waals surface area contributed by atoms with Gasteiger partial charge in [0.1, 0.15) is 11.5 Å². The minimum Gasteiger partial charge on any atom is -0.359 e. The first kappa shape index (κ1) is 16.6. The predicted molar refractivity (Wildman–Crippen MR) is 89.3 cm³/mol. The molecule has 0 spiro atoms. The molecule has 3 rings (SSSR count). The van der Waals surface area contributed by atoms with E-state index in [1.807, 2.05) is 6.92 Å². The van der Waals surface area contributed by atoms with Crippen LogP contribution < -0.4 is 10.6 Å². The molecule has 0 saturated carbocycles. The minimum absolute atomic E-state index is 0.120. The van der Waals surface area contributed by atoms with E-state index < -0.39 is 0 Å². The lowest BCUT2D eigenvalue weighted by atomic mass is 10.1. The summed E-state index contributed by atoms with van der Waals surface area (Å²) in [5, 5.41) is 9.46. The Morgan fingerprint density at radius 1 is 1.24 bits per heavy atom. The van der Waals surface area contributed by atoms with E-state index in [4.69, 9.17) is 4.52 Å². The fraction of sp³-hybridized carbons (Fsp3) is 0.176. The molecule has 25 heavy (non-hydrogen) atoms. The Morgan fingerprint density at radius 2 is 2.00 bits per heavy atom. The van der Waals surface area contributed by atoms with Gasteiger partial charge in [-0.3, -0.25) is 4.79 Å². The van der Waals surface area contributed by atoms with Crippen molar-refractivity contribution in [3.05, 3.63) is 59.9 Å². The van der Waals surface area contributed by atoms with Gasteiger partial charge >= 0.3 is 0 Å². The topological polar surface area (TPSA) is 92.9 Å². The Balaban J connectivity index is 1.62. The number of rotatable bonds is 6. The van der Waals surface area contributed by atoms with Crippen LogP contribution in [-0.2, 0) is 6.54 Å². The van der Waals surface area contributed by atoms with Crippen LogP contribution in [0.1, 0.15) is 23.0 Å². The van der Waals surface area contributed by atoms with Crippen molar-refractivity contribution in [1.29, 1.82) is 0 Å². The van der Waals surface area contributed by atoms with E-state index in [1.54, 1.807) is 24.3 Å². The third-order valence-electron chi connectivity index (χ3n) is 3.38. The van der Waals surface area contributed by atoms with Gasteiger partial charge in [-0.05, 0) is 19.1 Å². The molecule has 0 aliphatic rings. The summed E-state index contributed by atoms with van der Waals surface area (Å²) >= 11 is 0. The number of hydrogen-bond donors (Lipinski definition) is 2. The second-order valence-corrected chi connectivity index (χ2v) is 5.17. The second-order valence-electron chi connectivity index (χ2n) is 5.17. The van der Waals surface area contributed by atoms with Crippen LogP contribution in [0, 0.1) is 5.82 Å². The predicted octanol–water partition coefficient (Wildman–Crippen LogP) is 2.63. The summed E-state index contributed by atoms with van der Waals surface area (Å²) < 4.78 is 18.9. The molecule has 2 aromatic heterocycles. The highest BCUT2D eigenvalue weighted by Gasteiger charge is 2.12. The van der Waals surface area contributed by atoms with Crippen LogP contribution in [0.5, 0.6) is 0 Å². The maximum atomic E-state index is 13.7. The first-order valence-electron chi connectivity index (χ1n) is 7.72. The molecule has 0 saturated heterocycles. The summed E-state index contributed by atoms with van der Waals surface area (Å²) in [4.78, 5) is 20.2. The van der Waals surface area contributed by atoms with Crippen LogP contribution in [0.4, 0.5) is 10.3 Å². The molecule has 8 heteroatoms. The lowest BCUT2D eigenvalue weighted by molar-refractivity contribution is 0.0946. The molecule has 2 N–H and O–H groups in total. The quantitative estimate of drug-likeness (QED) is 0.716. The zero-order valence-corrected chi connectivity index (χ0v) is 13.5. The fourth-order valence-corrected chi connectivity index (χ4v) is 2.16. The maximum absolute atomic E-state index is 13.7. The zero-order valence-electron chi connectivity index (χ0n) is 13.5. The van der Waals surface area contributed by atoms with Crippen molar-refractivity contribution in [3.63, 3.8) is 0 Å². The molecular weight excluding hydrogens is 325 g/mol. The van der Waals surface area contributed by atoms with Gasteiger partial charge in [0, 0.05) is 30.6 Å². The van der Waals surface area contributed by atoms with Crippen LogP contribution in [0.3, 0.4) is 0 Å². The lowest BCUT2D eigenvalue weighted by Crippen LogP contribution is -2.23. The van der Waals surface area contributed by atoms with E-state index in [0.717, 1.165) is 0 Å². The third kappa shape index (κ3) is 3.97. The minimum atomic E-state index is -0.385. The van der Waals surface area contributed by atoms with Crippen molar-refractivity contribution in [3.8, 4) is 11.3 Å². The van der Waals surface area contributed by atoms with Gasteiger partial charge in [-0.25, -0.2) is 14.4 Å². The van der Waals surface area contributed by atoms with E-state index in [9.17, 15) is 9.18 Å². The molecule has 0 bridgehead atoms. The van der Waals surface area contributed by atoms with Gasteiger partial charge in [0.25, 0.3) is 5.91 Å². The van der Waals surface area contributed by atoms with Gasteiger partial charge in [0.2, 0.25) is 5.95 Å². The van der Waals surface area contributed by atoms with Crippen LogP contribution in [0.2, 0.25) is 0 Å². The highest BCUT2D eigenvalue weighted by molar-refractivity contribution is 5.93. The van der Waals surface area contributed by atoms with Gasteiger partial charge in [-0.2, -0.15) is 0 Å².